The second-order valence-electron chi connectivity index (χ2n) is 9.97. The van der Waals surface area contributed by atoms with Gasteiger partial charge in [0.25, 0.3) is 11.8 Å². The fourth-order valence-electron chi connectivity index (χ4n) is 3.15. The van der Waals surface area contributed by atoms with Gasteiger partial charge in [0.15, 0.2) is 6.61 Å². The first-order chi connectivity index (χ1) is 14.4. The normalized spacial score (nSPS) is 11.7. The Hall–Kier alpha value is -2.82. The summed E-state index contributed by atoms with van der Waals surface area (Å²) < 4.78 is 5.77. The molecule has 0 heterocycles. The summed E-state index contributed by atoms with van der Waals surface area (Å²) in [7, 11) is 0. The van der Waals surface area contributed by atoms with Gasteiger partial charge < -0.3 is 15.4 Å². The van der Waals surface area contributed by atoms with Gasteiger partial charge in [0, 0.05) is 18.7 Å². The van der Waals surface area contributed by atoms with Crippen LogP contribution in [0.2, 0.25) is 0 Å². The highest BCUT2D eigenvalue weighted by atomic mass is 16.5. The van der Waals surface area contributed by atoms with E-state index in [9.17, 15) is 9.59 Å². The molecule has 0 bridgehead atoms. The van der Waals surface area contributed by atoms with E-state index in [4.69, 9.17) is 4.74 Å². The highest BCUT2D eigenvalue weighted by molar-refractivity contribution is 5.94. The molecular weight excluding hydrogens is 388 g/mol. The van der Waals surface area contributed by atoms with Crippen molar-refractivity contribution >= 4 is 11.8 Å². The van der Waals surface area contributed by atoms with Gasteiger partial charge in [0.2, 0.25) is 0 Å². The Labute approximate surface area is 186 Å². The number of rotatable bonds is 7. The summed E-state index contributed by atoms with van der Waals surface area (Å²) in [5.41, 5.74) is 3.99. The summed E-state index contributed by atoms with van der Waals surface area (Å²) in [6.45, 7) is 15.4. The molecule has 0 atom stereocenters. The van der Waals surface area contributed by atoms with Crippen molar-refractivity contribution in [3.05, 3.63) is 64.7 Å². The predicted octanol–water partition coefficient (Wildman–Crippen LogP) is 4.52. The van der Waals surface area contributed by atoms with E-state index in [0.717, 1.165) is 16.9 Å². The Morgan fingerprint density at radius 1 is 0.839 bits per heavy atom. The fourth-order valence-corrected chi connectivity index (χ4v) is 3.15. The fraction of sp³-hybridized carbons (Fsp3) is 0.462. The van der Waals surface area contributed by atoms with Gasteiger partial charge in [-0.15, -0.1) is 0 Å². The Balaban J connectivity index is 1.77. The highest BCUT2D eigenvalue weighted by Crippen LogP contribution is 2.32. The molecule has 168 valence electrons. The molecule has 2 N–H and O–H groups in total. The number of aryl methyl sites for hydroxylation is 1. The maximum absolute atomic E-state index is 12.3. The van der Waals surface area contributed by atoms with Crippen molar-refractivity contribution in [3.8, 4) is 5.75 Å². The third-order valence-electron chi connectivity index (χ3n) is 5.05. The second-order valence-corrected chi connectivity index (χ2v) is 9.97. The zero-order valence-electron chi connectivity index (χ0n) is 19.9. The second kappa shape index (κ2) is 9.99. The molecule has 0 aromatic heterocycles. The smallest absolute Gasteiger partial charge is 0.258 e. The summed E-state index contributed by atoms with van der Waals surface area (Å²) in [6.07, 6.45) is 0. The summed E-state index contributed by atoms with van der Waals surface area (Å²) in [5.74, 6) is 0.352. The van der Waals surface area contributed by atoms with E-state index in [1.807, 2.05) is 43.3 Å². The van der Waals surface area contributed by atoms with Crippen LogP contribution in [0.3, 0.4) is 0 Å². The van der Waals surface area contributed by atoms with Gasteiger partial charge in [-0.3, -0.25) is 9.59 Å². The van der Waals surface area contributed by atoms with Crippen molar-refractivity contribution in [2.75, 3.05) is 19.7 Å². The Bertz CT molecular complexity index is 904. The number of carbonyl (C=O) groups is 2. The van der Waals surface area contributed by atoms with Gasteiger partial charge in [-0.2, -0.15) is 0 Å². The lowest BCUT2D eigenvalue weighted by Crippen LogP contribution is -2.37. The van der Waals surface area contributed by atoms with Crippen LogP contribution < -0.4 is 15.4 Å². The van der Waals surface area contributed by atoms with Crippen molar-refractivity contribution in [1.82, 2.24) is 10.6 Å². The Kier molecular flexibility index (Phi) is 7.88. The van der Waals surface area contributed by atoms with E-state index in [0.29, 0.717) is 18.7 Å². The lowest BCUT2D eigenvalue weighted by molar-refractivity contribution is -0.123. The number of hydrogen-bond donors (Lipinski definition) is 2. The molecule has 2 amide bonds. The zero-order chi connectivity index (χ0) is 23.2. The van der Waals surface area contributed by atoms with Gasteiger partial charge in [0.1, 0.15) is 5.75 Å². The molecule has 0 spiro atoms. The third-order valence-corrected chi connectivity index (χ3v) is 5.05. The minimum atomic E-state index is -0.218. The van der Waals surface area contributed by atoms with Crippen LogP contribution in [0.25, 0.3) is 0 Å². The van der Waals surface area contributed by atoms with Gasteiger partial charge in [0.05, 0.1) is 0 Å². The van der Waals surface area contributed by atoms with E-state index in [1.54, 1.807) is 0 Å². The number of hydrogen-bond acceptors (Lipinski definition) is 3. The van der Waals surface area contributed by atoms with Crippen molar-refractivity contribution in [2.45, 2.75) is 59.3 Å². The van der Waals surface area contributed by atoms with E-state index in [-0.39, 0.29) is 29.3 Å². The molecule has 0 aliphatic rings. The summed E-state index contributed by atoms with van der Waals surface area (Å²) in [5, 5.41) is 5.61. The van der Waals surface area contributed by atoms with Crippen molar-refractivity contribution in [2.24, 2.45) is 0 Å². The van der Waals surface area contributed by atoms with Crippen LogP contribution in [0.5, 0.6) is 5.75 Å². The van der Waals surface area contributed by atoms with Gasteiger partial charge >= 0.3 is 0 Å². The maximum Gasteiger partial charge on any atom is 0.258 e. The molecule has 0 fully saturated rings. The van der Waals surface area contributed by atoms with E-state index >= 15 is 0 Å². The Morgan fingerprint density at radius 3 is 2.03 bits per heavy atom. The van der Waals surface area contributed by atoms with Crippen LogP contribution in [-0.2, 0) is 15.6 Å². The van der Waals surface area contributed by atoms with Gasteiger partial charge in [-0.05, 0) is 47.1 Å². The lowest BCUT2D eigenvalue weighted by Gasteiger charge is -2.23. The standard InChI is InChI=1S/C26H36N2O3/c1-18-8-13-22(21(16-18)26(5,6)7)31-17-23(29)27-14-15-28-24(30)19-9-11-20(12-10-19)25(2,3)4/h8-13,16H,14-15,17H2,1-7H3,(H,27,29)(H,28,30). The SMILES string of the molecule is Cc1ccc(OCC(=O)NCCNC(=O)c2ccc(C(C)(C)C)cc2)c(C(C)(C)C)c1. The minimum absolute atomic E-state index is 0.0492. The first kappa shape index (κ1) is 24.4. The van der Waals surface area contributed by atoms with Gasteiger partial charge in [-0.1, -0.05) is 71.4 Å². The van der Waals surface area contributed by atoms with Crippen LogP contribution >= 0.6 is 0 Å². The topological polar surface area (TPSA) is 67.4 Å². The summed E-state index contributed by atoms with van der Waals surface area (Å²) >= 11 is 0. The van der Waals surface area contributed by atoms with E-state index in [1.165, 1.54) is 5.56 Å². The molecule has 2 rings (SSSR count). The third kappa shape index (κ3) is 7.42. The molecule has 2 aromatic rings. The van der Waals surface area contributed by atoms with E-state index in [2.05, 4.69) is 58.2 Å². The quantitative estimate of drug-likeness (QED) is 0.643. The molecule has 0 saturated carbocycles. The van der Waals surface area contributed by atoms with E-state index < -0.39 is 0 Å². The van der Waals surface area contributed by atoms with Crippen molar-refractivity contribution < 1.29 is 14.3 Å². The zero-order valence-corrected chi connectivity index (χ0v) is 19.9. The Morgan fingerprint density at radius 2 is 1.45 bits per heavy atom. The maximum atomic E-state index is 12.3. The monoisotopic (exact) mass is 424 g/mol. The first-order valence-electron chi connectivity index (χ1n) is 10.8. The van der Waals surface area contributed by atoms with Crippen LogP contribution in [0, 0.1) is 6.92 Å². The molecule has 0 aliphatic carbocycles. The molecule has 0 radical (unpaired) electrons. The number of ether oxygens (including phenoxy) is 1. The minimum Gasteiger partial charge on any atom is -0.483 e. The van der Waals surface area contributed by atoms with Crippen LogP contribution in [-0.4, -0.2) is 31.5 Å². The van der Waals surface area contributed by atoms with Crippen molar-refractivity contribution in [1.29, 1.82) is 0 Å². The average Bonchev–Trinajstić information content (AvgIpc) is 2.68. The molecule has 0 saturated heterocycles. The number of benzene rings is 2. The molecule has 0 aliphatic heterocycles. The average molecular weight is 425 g/mol. The molecule has 5 heteroatoms. The largest absolute Gasteiger partial charge is 0.483 e. The first-order valence-corrected chi connectivity index (χ1v) is 10.8. The summed E-state index contributed by atoms with van der Waals surface area (Å²) in [4.78, 5) is 24.4. The number of amides is 2. The molecule has 0 unspecified atom stereocenters. The molecule has 31 heavy (non-hydrogen) atoms. The van der Waals surface area contributed by atoms with Crippen LogP contribution in [0.4, 0.5) is 0 Å². The molecule has 2 aromatic carbocycles. The highest BCUT2D eigenvalue weighted by Gasteiger charge is 2.19. The van der Waals surface area contributed by atoms with Crippen LogP contribution in [0.1, 0.15) is 68.6 Å². The number of nitrogens with one attached hydrogen (secondary N) is 2. The van der Waals surface area contributed by atoms with Crippen LogP contribution in [0.15, 0.2) is 42.5 Å². The van der Waals surface area contributed by atoms with Crippen molar-refractivity contribution in [3.63, 3.8) is 0 Å². The predicted molar refractivity (Wildman–Crippen MR) is 126 cm³/mol. The lowest BCUT2D eigenvalue weighted by atomic mass is 9.85. The summed E-state index contributed by atoms with van der Waals surface area (Å²) in [6, 6.07) is 13.6. The molecular formula is C26H36N2O3. The van der Waals surface area contributed by atoms with Gasteiger partial charge in [-0.25, -0.2) is 0 Å². The molecule has 5 nitrogen and oxygen atoms in total. The number of carbonyl (C=O) groups excluding carboxylic acids is 2.